The quantitative estimate of drug-likeness (QED) is 0.297. The van der Waals surface area contributed by atoms with E-state index in [0.717, 1.165) is 42.4 Å². The molecule has 9 heteroatoms. The molecule has 1 heterocycles. The number of aromatic nitrogens is 2. The van der Waals surface area contributed by atoms with Gasteiger partial charge in [0, 0.05) is 34.3 Å². The second-order valence-electron chi connectivity index (χ2n) is 8.42. The Bertz CT molecular complexity index is 1200. The van der Waals surface area contributed by atoms with Crippen molar-refractivity contribution in [2.45, 2.75) is 44.8 Å². The van der Waals surface area contributed by atoms with Gasteiger partial charge in [0.15, 0.2) is 0 Å². The van der Waals surface area contributed by atoms with Gasteiger partial charge in [0.25, 0.3) is 5.91 Å². The zero-order valence-electron chi connectivity index (χ0n) is 19.4. The van der Waals surface area contributed by atoms with Crippen molar-refractivity contribution < 1.29 is 19.1 Å². The first-order chi connectivity index (χ1) is 16.9. The summed E-state index contributed by atoms with van der Waals surface area (Å²) in [6, 6.07) is 12.8. The summed E-state index contributed by atoms with van der Waals surface area (Å²) in [5.41, 5.74) is 2.71. The van der Waals surface area contributed by atoms with Gasteiger partial charge in [-0.15, -0.1) is 0 Å². The monoisotopic (exact) mass is 515 g/mol. The van der Waals surface area contributed by atoms with Crippen molar-refractivity contribution in [3.8, 4) is 22.5 Å². The number of hydrogen-bond acceptors (Lipinski definition) is 5. The Balaban J connectivity index is 1.48. The van der Waals surface area contributed by atoms with Crippen LogP contribution in [-0.2, 0) is 14.3 Å². The molecule has 1 amide bonds. The molecular weight excluding hydrogens is 489 g/mol. The van der Waals surface area contributed by atoms with Crippen molar-refractivity contribution in [1.29, 1.82) is 0 Å². The van der Waals surface area contributed by atoms with Crippen molar-refractivity contribution in [1.82, 2.24) is 15.3 Å². The molecule has 2 atom stereocenters. The summed E-state index contributed by atoms with van der Waals surface area (Å²) in [5, 5.41) is 4.24. The van der Waals surface area contributed by atoms with Crippen molar-refractivity contribution in [3.63, 3.8) is 0 Å². The molecule has 1 aliphatic carbocycles. The van der Waals surface area contributed by atoms with Gasteiger partial charge in [-0.3, -0.25) is 9.59 Å². The molecule has 0 saturated heterocycles. The minimum atomic E-state index is -0.338. The summed E-state index contributed by atoms with van der Waals surface area (Å²) in [6.45, 7) is 1.86. The lowest BCUT2D eigenvalue weighted by Gasteiger charge is -2.31. The summed E-state index contributed by atoms with van der Waals surface area (Å²) in [7, 11) is 0. The lowest BCUT2D eigenvalue weighted by molar-refractivity contribution is -0.143. The van der Waals surface area contributed by atoms with Gasteiger partial charge in [-0.05, 0) is 42.7 Å². The van der Waals surface area contributed by atoms with Crippen LogP contribution in [0, 0.1) is 0 Å². The van der Waals surface area contributed by atoms with E-state index in [1.54, 1.807) is 12.3 Å². The predicted octanol–water partition coefficient (Wildman–Crippen LogP) is 5.67. The van der Waals surface area contributed by atoms with Crippen LogP contribution in [0.25, 0.3) is 22.5 Å². The largest absolute Gasteiger partial charge is 0.463 e. The number of benzene rings is 2. The molecule has 2 N–H and O–H groups in total. The highest BCUT2D eigenvalue weighted by molar-refractivity contribution is 6.34. The summed E-state index contributed by atoms with van der Waals surface area (Å²) in [4.78, 5) is 31.6. The maximum Gasteiger partial charge on any atom is 0.302 e. The lowest BCUT2D eigenvalue weighted by atomic mass is 9.92. The number of amides is 1. The smallest absolute Gasteiger partial charge is 0.302 e. The van der Waals surface area contributed by atoms with E-state index in [2.05, 4.69) is 15.3 Å². The molecule has 184 valence electrons. The Morgan fingerprint density at radius 1 is 1.06 bits per heavy atom. The SMILES string of the molecule is CC(=O)OCCOC1CCCCC1NC(=O)c1c[nH]c(-c2ccc(Cl)cc2-c2ccccc2Cl)n1. The number of carbonyl (C=O) groups excluding carboxylic acids is 2. The normalized spacial score (nSPS) is 17.7. The molecule has 0 aliphatic heterocycles. The number of nitrogens with one attached hydrogen (secondary N) is 2. The number of hydrogen-bond donors (Lipinski definition) is 2. The summed E-state index contributed by atoms with van der Waals surface area (Å²) in [5.74, 6) is -0.0735. The number of imidazole rings is 1. The number of rotatable bonds is 8. The zero-order valence-corrected chi connectivity index (χ0v) is 20.9. The fraction of sp³-hybridized carbons (Fsp3) is 0.346. The standard InChI is InChI=1S/C26H27Cl2N3O4/c1-16(32)34-12-13-35-24-9-5-4-8-22(24)31-26(33)23-15-29-25(30-23)19-11-10-17(27)14-20(19)18-6-2-3-7-21(18)28/h2-3,6-7,10-11,14-15,22,24H,4-5,8-9,12-13H2,1H3,(H,29,30)(H,31,33). The van der Waals surface area contributed by atoms with Gasteiger partial charge in [-0.25, -0.2) is 4.98 Å². The van der Waals surface area contributed by atoms with Crippen LogP contribution in [0.2, 0.25) is 10.0 Å². The average molecular weight is 516 g/mol. The van der Waals surface area contributed by atoms with Crippen molar-refractivity contribution >= 4 is 35.1 Å². The van der Waals surface area contributed by atoms with Gasteiger partial charge in [-0.2, -0.15) is 0 Å². The fourth-order valence-electron chi connectivity index (χ4n) is 4.29. The highest BCUT2D eigenvalue weighted by Crippen LogP contribution is 2.36. The molecule has 7 nitrogen and oxygen atoms in total. The Morgan fingerprint density at radius 3 is 2.66 bits per heavy atom. The number of nitrogens with zero attached hydrogens (tertiary/aromatic N) is 1. The summed E-state index contributed by atoms with van der Waals surface area (Å²) in [6.07, 6.45) is 5.14. The van der Waals surface area contributed by atoms with Crippen LogP contribution in [0.4, 0.5) is 0 Å². The second kappa shape index (κ2) is 11.7. The number of ether oxygens (including phenoxy) is 2. The van der Waals surface area contributed by atoms with Crippen LogP contribution in [0.1, 0.15) is 43.1 Å². The number of halogens is 2. The maximum absolute atomic E-state index is 13.0. The van der Waals surface area contributed by atoms with E-state index in [4.69, 9.17) is 32.7 Å². The summed E-state index contributed by atoms with van der Waals surface area (Å²) >= 11 is 12.7. The van der Waals surface area contributed by atoms with Gasteiger partial charge >= 0.3 is 5.97 Å². The molecule has 2 aromatic carbocycles. The third-order valence-corrected chi connectivity index (χ3v) is 6.52. The molecule has 1 aliphatic rings. The van der Waals surface area contributed by atoms with Gasteiger partial charge in [0.1, 0.15) is 18.1 Å². The van der Waals surface area contributed by atoms with Crippen LogP contribution in [0.15, 0.2) is 48.7 Å². The van der Waals surface area contributed by atoms with E-state index >= 15 is 0 Å². The predicted molar refractivity (Wildman–Crippen MR) is 136 cm³/mol. The third-order valence-electron chi connectivity index (χ3n) is 5.95. The van der Waals surface area contributed by atoms with E-state index in [0.29, 0.717) is 22.5 Å². The molecule has 35 heavy (non-hydrogen) atoms. The van der Waals surface area contributed by atoms with Crippen LogP contribution in [0.5, 0.6) is 0 Å². The minimum absolute atomic E-state index is 0.134. The molecule has 1 saturated carbocycles. The highest BCUT2D eigenvalue weighted by atomic mass is 35.5. The molecular formula is C26H27Cl2N3O4. The molecule has 0 spiro atoms. The van der Waals surface area contributed by atoms with Crippen LogP contribution in [-0.4, -0.2) is 47.2 Å². The Hall–Kier alpha value is -2.87. The molecule has 2 unspecified atom stereocenters. The van der Waals surface area contributed by atoms with E-state index < -0.39 is 0 Å². The first-order valence-electron chi connectivity index (χ1n) is 11.6. The Morgan fingerprint density at radius 2 is 1.86 bits per heavy atom. The topological polar surface area (TPSA) is 93.3 Å². The second-order valence-corrected chi connectivity index (χ2v) is 9.26. The van der Waals surface area contributed by atoms with Crippen molar-refractivity contribution in [3.05, 3.63) is 64.4 Å². The van der Waals surface area contributed by atoms with Crippen LogP contribution in [0.3, 0.4) is 0 Å². The van der Waals surface area contributed by atoms with Gasteiger partial charge in [0.05, 0.1) is 18.8 Å². The lowest BCUT2D eigenvalue weighted by Crippen LogP contribution is -2.46. The summed E-state index contributed by atoms with van der Waals surface area (Å²) < 4.78 is 10.8. The average Bonchev–Trinajstić information content (AvgIpc) is 3.33. The number of carbonyl (C=O) groups is 2. The molecule has 4 rings (SSSR count). The van der Waals surface area contributed by atoms with E-state index in [-0.39, 0.29) is 36.3 Å². The van der Waals surface area contributed by atoms with Gasteiger partial charge < -0.3 is 19.8 Å². The molecule has 0 radical (unpaired) electrons. The molecule has 3 aromatic rings. The first kappa shape index (κ1) is 25.2. The van der Waals surface area contributed by atoms with E-state index in [1.165, 1.54) is 6.92 Å². The van der Waals surface area contributed by atoms with Crippen LogP contribution < -0.4 is 5.32 Å². The molecule has 1 aromatic heterocycles. The van der Waals surface area contributed by atoms with E-state index in [9.17, 15) is 9.59 Å². The van der Waals surface area contributed by atoms with Gasteiger partial charge in [-0.1, -0.05) is 54.2 Å². The Labute approximate surface area is 214 Å². The van der Waals surface area contributed by atoms with Gasteiger partial charge in [0.2, 0.25) is 0 Å². The van der Waals surface area contributed by atoms with Crippen LogP contribution >= 0.6 is 23.2 Å². The fourth-order valence-corrected chi connectivity index (χ4v) is 4.70. The Kier molecular flexibility index (Phi) is 8.44. The number of aromatic amines is 1. The maximum atomic E-state index is 13.0. The zero-order chi connectivity index (χ0) is 24.8. The number of esters is 1. The first-order valence-corrected chi connectivity index (χ1v) is 12.3. The minimum Gasteiger partial charge on any atom is -0.463 e. The molecule has 1 fully saturated rings. The van der Waals surface area contributed by atoms with E-state index in [1.807, 2.05) is 36.4 Å². The molecule has 0 bridgehead atoms. The highest BCUT2D eigenvalue weighted by Gasteiger charge is 2.28. The number of H-pyrrole nitrogens is 1. The van der Waals surface area contributed by atoms with Crippen molar-refractivity contribution in [2.24, 2.45) is 0 Å². The van der Waals surface area contributed by atoms with Crippen molar-refractivity contribution in [2.75, 3.05) is 13.2 Å². The third kappa shape index (κ3) is 6.42.